The van der Waals surface area contributed by atoms with E-state index in [1.807, 2.05) is 36.4 Å². The first-order valence-corrected chi connectivity index (χ1v) is 13.4. The van der Waals surface area contributed by atoms with Crippen molar-refractivity contribution in [3.63, 3.8) is 0 Å². The van der Waals surface area contributed by atoms with Crippen LogP contribution < -0.4 is 9.47 Å². The number of esters is 1. The van der Waals surface area contributed by atoms with E-state index in [4.69, 9.17) is 14.2 Å². The maximum absolute atomic E-state index is 13.1. The highest BCUT2D eigenvalue weighted by atomic mass is 35.5. The van der Waals surface area contributed by atoms with Gasteiger partial charge < -0.3 is 29.1 Å². The molecule has 1 heterocycles. The Hall–Kier alpha value is -2.55. The number of ether oxygens (including phenoxy) is 3. The Labute approximate surface area is 249 Å². The molecule has 0 radical (unpaired) electrons. The summed E-state index contributed by atoms with van der Waals surface area (Å²) in [4.78, 5) is 17.8. The zero-order valence-electron chi connectivity index (χ0n) is 23.4. The van der Waals surface area contributed by atoms with Crippen LogP contribution in [0.2, 0.25) is 0 Å². The van der Waals surface area contributed by atoms with Gasteiger partial charge in [0.25, 0.3) is 0 Å². The molecule has 2 aliphatic rings. The molecule has 0 bridgehead atoms. The molecule has 1 saturated heterocycles. The number of aliphatic hydroxyl groups is 1. The first-order chi connectivity index (χ1) is 18.4. The summed E-state index contributed by atoms with van der Waals surface area (Å²) in [5, 5.41) is 14.4. The minimum atomic E-state index is -1.01. The van der Waals surface area contributed by atoms with Gasteiger partial charge in [0.05, 0.1) is 19.8 Å². The molecule has 3 aromatic carbocycles. The topological polar surface area (TPSA) is 71.5 Å². The minimum Gasteiger partial charge on any atom is -0.497 e. The van der Waals surface area contributed by atoms with Crippen LogP contribution in [0.1, 0.15) is 35.2 Å². The predicted molar refractivity (Wildman–Crippen MR) is 162 cm³/mol. The summed E-state index contributed by atoms with van der Waals surface area (Å²) in [5.74, 6) is 0.864. The number of rotatable bonds is 7. The number of piperazine rings is 1. The van der Waals surface area contributed by atoms with Crippen molar-refractivity contribution >= 4 is 41.6 Å². The molecule has 3 aromatic rings. The Kier molecular flexibility index (Phi) is 11.1. The van der Waals surface area contributed by atoms with Crippen LogP contribution in [0, 0.1) is 5.92 Å². The van der Waals surface area contributed by atoms with Gasteiger partial charge in [-0.15, -0.1) is 24.8 Å². The molecule has 3 atom stereocenters. The van der Waals surface area contributed by atoms with Crippen LogP contribution in [-0.2, 0) is 10.3 Å². The molecule has 5 rings (SSSR count). The molecular formula is C31H40Cl2N2O5. The summed E-state index contributed by atoms with van der Waals surface area (Å²) in [7, 11) is 5.37. The number of likely N-dealkylation sites (N-methyl/N-ethyl adjacent to an activating group) is 1. The Bertz CT molecular complexity index is 1280. The van der Waals surface area contributed by atoms with E-state index in [2.05, 4.69) is 29.0 Å². The zero-order valence-corrected chi connectivity index (χ0v) is 25.0. The molecule has 3 unspecified atom stereocenters. The van der Waals surface area contributed by atoms with Gasteiger partial charge in [0.1, 0.15) is 23.2 Å². The number of hydrogen-bond donors (Lipinski definition) is 1. The van der Waals surface area contributed by atoms with Gasteiger partial charge in [-0.1, -0.05) is 30.3 Å². The van der Waals surface area contributed by atoms with E-state index in [1.165, 1.54) is 0 Å². The van der Waals surface area contributed by atoms with Crippen LogP contribution in [0.4, 0.5) is 0 Å². The van der Waals surface area contributed by atoms with Crippen LogP contribution in [0.15, 0.2) is 60.7 Å². The second kappa shape index (κ2) is 13.9. The van der Waals surface area contributed by atoms with Gasteiger partial charge in [0, 0.05) is 38.6 Å². The van der Waals surface area contributed by atoms with E-state index < -0.39 is 5.60 Å². The molecule has 218 valence electrons. The van der Waals surface area contributed by atoms with Crippen molar-refractivity contribution in [2.24, 2.45) is 5.92 Å². The summed E-state index contributed by atoms with van der Waals surface area (Å²) < 4.78 is 16.8. The highest BCUT2D eigenvalue weighted by molar-refractivity contribution is 5.92. The van der Waals surface area contributed by atoms with E-state index in [-0.39, 0.29) is 42.8 Å². The highest BCUT2D eigenvalue weighted by Gasteiger charge is 2.45. The molecule has 0 spiro atoms. The molecule has 2 fully saturated rings. The highest BCUT2D eigenvalue weighted by Crippen LogP contribution is 2.44. The molecular weight excluding hydrogens is 551 g/mol. The third-order valence-corrected chi connectivity index (χ3v) is 8.29. The number of para-hydroxylation sites is 1. The molecule has 40 heavy (non-hydrogen) atoms. The van der Waals surface area contributed by atoms with Gasteiger partial charge >= 0.3 is 5.97 Å². The number of carbonyl (C=O) groups excluding carboxylic acids is 1. The fraction of sp³-hybridized carbons (Fsp3) is 0.452. The lowest BCUT2D eigenvalue weighted by Crippen LogP contribution is -2.52. The largest absolute Gasteiger partial charge is 0.497 e. The lowest BCUT2D eigenvalue weighted by atomic mass is 9.70. The van der Waals surface area contributed by atoms with Crippen LogP contribution in [0.3, 0.4) is 0 Å². The molecule has 1 saturated carbocycles. The van der Waals surface area contributed by atoms with Crippen LogP contribution in [0.5, 0.6) is 11.5 Å². The average molecular weight is 592 g/mol. The normalized spacial score (nSPS) is 23.5. The van der Waals surface area contributed by atoms with E-state index in [0.717, 1.165) is 54.8 Å². The fourth-order valence-corrected chi connectivity index (χ4v) is 5.92. The number of hydrogen-bond acceptors (Lipinski definition) is 7. The van der Waals surface area contributed by atoms with Crippen molar-refractivity contribution in [3.8, 4) is 11.5 Å². The maximum Gasteiger partial charge on any atom is 0.342 e. The van der Waals surface area contributed by atoms with E-state index >= 15 is 0 Å². The first-order valence-electron chi connectivity index (χ1n) is 13.4. The van der Waals surface area contributed by atoms with Crippen molar-refractivity contribution in [1.82, 2.24) is 9.80 Å². The van der Waals surface area contributed by atoms with Gasteiger partial charge in [0.15, 0.2) is 0 Å². The van der Waals surface area contributed by atoms with Gasteiger partial charge in [-0.3, -0.25) is 0 Å². The first kappa shape index (κ1) is 32.0. The molecule has 1 aliphatic heterocycles. The smallest absolute Gasteiger partial charge is 0.342 e. The Morgan fingerprint density at radius 1 is 0.950 bits per heavy atom. The number of methoxy groups -OCH3 is 2. The average Bonchev–Trinajstić information content (AvgIpc) is 2.95. The predicted octanol–water partition coefficient (Wildman–Crippen LogP) is 5.16. The van der Waals surface area contributed by atoms with Crippen molar-refractivity contribution in [1.29, 1.82) is 0 Å². The standard InChI is InChI=1S/C31H38N2O5.2ClH/c1-32-14-16-33(17-15-32)21-25-20-27(38-30(34)28-6-4-5-7-29(28)37-3)12-13-31(25,35)24-10-8-23-19-26(36-2)11-9-22(23)18-24;;/h4-11,18-19,25,27,35H,12-17,20-21H2,1-3H3;2*1H. The fourth-order valence-electron chi connectivity index (χ4n) is 5.92. The van der Waals surface area contributed by atoms with Crippen molar-refractivity contribution in [2.75, 3.05) is 54.0 Å². The van der Waals surface area contributed by atoms with Gasteiger partial charge in [-0.25, -0.2) is 4.79 Å². The molecule has 7 nitrogen and oxygen atoms in total. The van der Waals surface area contributed by atoms with E-state index in [9.17, 15) is 9.90 Å². The molecule has 0 aromatic heterocycles. The molecule has 1 N–H and O–H groups in total. The molecule has 9 heteroatoms. The summed E-state index contributed by atoms with van der Waals surface area (Å²) >= 11 is 0. The number of halogens is 2. The van der Waals surface area contributed by atoms with Gasteiger partial charge in [-0.2, -0.15) is 0 Å². The van der Waals surface area contributed by atoms with Crippen LogP contribution >= 0.6 is 24.8 Å². The van der Waals surface area contributed by atoms with E-state index in [1.54, 1.807) is 26.4 Å². The third-order valence-electron chi connectivity index (χ3n) is 8.29. The van der Waals surface area contributed by atoms with E-state index in [0.29, 0.717) is 30.6 Å². The quantitative estimate of drug-likeness (QED) is 0.381. The second-order valence-corrected chi connectivity index (χ2v) is 10.7. The van der Waals surface area contributed by atoms with Gasteiger partial charge in [-0.05, 0) is 73.0 Å². The van der Waals surface area contributed by atoms with Crippen molar-refractivity contribution in [3.05, 3.63) is 71.8 Å². The van der Waals surface area contributed by atoms with Crippen molar-refractivity contribution in [2.45, 2.75) is 31.0 Å². The Balaban J connectivity index is 0.00000220. The Morgan fingerprint density at radius 3 is 2.38 bits per heavy atom. The monoisotopic (exact) mass is 590 g/mol. The van der Waals surface area contributed by atoms with Crippen LogP contribution in [-0.4, -0.2) is 81.0 Å². The van der Waals surface area contributed by atoms with Crippen molar-refractivity contribution < 1.29 is 24.1 Å². The summed E-state index contributed by atoms with van der Waals surface area (Å²) in [6, 6.07) is 19.3. The van der Waals surface area contributed by atoms with Gasteiger partial charge in [0.2, 0.25) is 0 Å². The number of nitrogens with zero attached hydrogens (tertiary/aromatic N) is 2. The lowest BCUT2D eigenvalue weighted by molar-refractivity contribution is -0.100. The number of carbonyl (C=O) groups is 1. The second-order valence-electron chi connectivity index (χ2n) is 10.7. The summed E-state index contributed by atoms with van der Waals surface area (Å²) in [6.07, 6.45) is 1.45. The minimum absolute atomic E-state index is 0. The SMILES string of the molecule is COc1ccc2cc(C3(O)CCC(OC(=O)c4ccccc4OC)CC3CN3CCN(C)CC3)ccc2c1.Cl.Cl. The summed E-state index contributed by atoms with van der Waals surface area (Å²) in [5.41, 5.74) is 0.338. The number of benzene rings is 3. The Morgan fingerprint density at radius 2 is 1.65 bits per heavy atom. The van der Waals surface area contributed by atoms with Crippen LogP contribution in [0.25, 0.3) is 10.8 Å². The third kappa shape index (κ3) is 6.84. The summed E-state index contributed by atoms with van der Waals surface area (Å²) in [6.45, 7) is 4.70. The molecule has 0 amide bonds. The maximum atomic E-state index is 13.1. The number of fused-ring (bicyclic) bond motifs is 1. The zero-order chi connectivity index (χ0) is 26.7. The molecule has 1 aliphatic carbocycles. The lowest BCUT2D eigenvalue weighted by Gasteiger charge is -2.46.